The van der Waals surface area contributed by atoms with Crippen LogP contribution in [0.15, 0.2) is 18.2 Å². The summed E-state index contributed by atoms with van der Waals surface area (Å²) in [6.07, 6.45) is 0. The van der Waals surface area contributed by atoms with Crippen LogP contribution < -0.4 is 0 Å². The van der Waals surface area contributed by atoms with Crippen LogP contribution in [0.25, 0.3) is 10.2 Å². The van der Waals surface area contributed by atoms with Crippen molar-refractivity contribution in [1.29, 1.82) is 0 Å². The third-order valence-corrected chi connectivity index (χ3v) is 2.59. The fraction of sp³-hybridized carbons (Fsp3) is 0. The van der Waals surface area contributed by atoms with Gasteiger partial charge in [0.05, 0.1) is 4.70 Å². The first kappa shape index (κ1) is 8.00. The van der Waals surface area contributed by atoms with Crippen LogP contribution in [0.2, 0.25) is 0 Å². The number of phenolic OH excluding ortho intramolecular Hbond substituents is 1. The molecule has 0 amide bonds. The summed E-state index contributed by atoms with van der Waals surface area (Å²) in [5, 5.41) is 18.0. The first-order valence-corrected chi connectivity index (χ1v) is 4.32. The Morgan fingerprint density at radius 3 is 2.85 bits per heavy atom. The molecule has 0 atom stereocenters. The summed E-state index contributed by atoms with van der Waals surface area (Å²) in [5.74, 6) is -1.05. The molecule has 2 rings (SSSR count). The van der Waals surface area contributed by atoms with Crippen molar-refractivity contribution in [3.8, 4) is 5.75 Å². The molecule has 13 heavy (non-hydrogen) atoms. The van der Waals surface area contributed by atoms with Gasteiger partial charge in [0.15, 0.2) is 0 Å². The molecule has 0 fully saturated rings. The van der Waals surface area contributed by atoms with E-state index < -0.39 is 5.97 Å². The van der Waals surface area contributed by atoms with E-state index >= 15 is 0 Å². The van der Waals surface area contributed by atoms with Crippen molar-refractivity contribution in [3.63, 3.8) is 0 Å². The van der Waals surface area contributed by atoms with E-state index in [1.165, 1.54) is 6.07 Å². The number of thiazole rings is 1. The molecule has 0 aliphatic carbocycles. The van der Waals surface area contributed by atoms with E-state index in [0.29, 0.717) is 10.2 Å². The second-order valence-electron chi connectivity index (χ2n) is 2.45. The lowest BCUT2D eigenvalue weighted by Gasteiger charge is -1.89. The second-order valence-corrected chi connectivity index (χ2v) is 3.48. The number of hydrogen-bond acceptors (Lipinski definition) is 4. The summed E-state index contributed by atoms with van der Waals surface area (Å²) < 4.78 is 0.678. The van der Waals surface area contributed by atoms with Gasteiger partial charge in [-0.2, -0.15) is 0 Å². The lowest BCUT2D eigenvalue weighted by atomic mass is 10.3. The van der Waals surface area contributed by atoms with E-state index in [4.69, 9.17) is 5.11 Å². The first-order chi connectivity index (χ1) is 6.18. The van der Waals surface area contributed by atoms with Gasteiger partial charge in [0.25, 0.3) is 0 Å². The molecule has 0 saturated heterocycles. The largest absolute Gasteiger partial charge is 0.506 e. The Kier molecular flexibility index (Phi) is 1.66. The van der Waals surface area contributed by atoms with Gasteiger partial charge in [-0.05, 0) is 12.1 Å². The fourth-order valence-corrected chi connectivity index (χ4v) is 1.85. The van der Waals surface area contributed by atoms with Crippen molar-refractivity contribution in [2.75, 3.05) is 0 Å². The Morgan fingerprint density at radius 2 is 2.23 bits per heavy atom. The molecule has 1 aromatic carbocycles. The number of carboxylic acid groups (broad SMARTS) is 1. The third kappa shape index (κ3) is 1.23. The molecule has 1 aromatic heterocycles. The summed E-state index contributed by atoms with van der Waals surface area (Å²) in [5.41, 5.74) is 0.352. The number of aromatic hydroxyl groups is 1. The molecule has 0 unspecified atom stereocenters. The number of carboxylic acids is 1. The summed E-state index contributed by atoms with van der Waals surface area (Å²) in [4.78, 5) is 14.3. The van der Waals surface area contributed by atoms with Crippen LogP contribution >= 0.6 is 11.3 Å². The highest BCUT2D eigenvalue weighted by Crippen LogP contribution is 2.28. The van der Waals surface area contributed by atoms with Crippen LogP contribution in [-0.4, -0.2) is 21.2 Å². The number of rotatable bonds is 1. The van der Waals surface area contributed by atoms with Crippen LogP contribution in [0.3, 0.4) is 0 Å². The summed E-state index contributed by atoms with van der Waals surface area (Å²) in [7, 11) is 0. The van der Waals surface area contributed by atoms with Crippen molar-refractivity contribution in [1.82, 2.24) is 4.98 Å². The van der Waals surface area contributed by atoms with Gasteiger partial charge in [-0.15, -0.1) is 11.3 Å². The molecule has 0 radical (unpaired) electrons. The Bertz CT molecular complexity index is 477. The number of aromatic nitrogens is 1. The number of nitrogens with zero attached hydrogens (tertiary/aromatic N) is 1. The Morgan fingerprint density at radius 1 is 1.46 bits per heavy atom. The van der Waals surface area contributed by atoms with Gasteiger partial charge >= 0.3 is 5.97 Å². The Hall–Kier alpha value is -1.62. The molecule has 2 aromatic rings. The zero-order valence-electron chi connectivity index (χ0n) is 6.39. The lowest BCUT2D eigenvalue weighted by Crippen LogP contribution is -1.93. The van der Waals surface area contributed by atoms with E-state index in [-0.39, 0.29) is 10.8 Å². The summed E-state index contributed by atoms with van der Waals surface area (Å²) >= 11 is 1.05. The van der Waals surface area contributed by atoms with Gasteiger partial charge in [0.2, 0.25) is 5.01 Å². The van der Waals surface area contributed by atoms with Crippen LogP contribution in [0.5, 0.6) is 5.75 Å². The van der Waals surface area contributed by atoms with E-state index in [1.54, 1.807) is 12.1 Å². The van der Waals surface area contributed by atoms with Crippen molar-refractivity contribution in [3.05, 3.63) is 23.2 Å². The van der Waals surface area contributed by atoms with Gasteiger partial charge in [-0.1, -0.05) is 6.07 Å². The summed E-state index contributed by atoms with van der Waals surface area (Å²) in [6.45, 7) is 0. The molecule has 1 heterocycles. The van der Waals surface area contributed by atoms with Crippen LogP contribution in [-0.2, 0) is 0 Å². The zero-order valence-corrected chi connectivity index (χ0v) is 7.21. The number of para-hydroxylation sites is 1. The average Bonchev–Trinajstić information content (AvgIpc) is 2.49. The maximum Gasteiger partial charge on any atom is 0.365 e. The highest BCUT2D eigenvalue weighted by Gasteiger charge is 2.11. The Labute approximate surface area is 77.1 Å². The number of phenols is 1. The van der Waals surface area contributed by atoms with Crippen LogP contribution in [0, 0.1) is 0 Å². The topological polar surface area (TPSA) is 70.4 Å². The molecule has 0 aliphatic rings. The second kappa shape index (κ2) is 2.70. The van der Waals surface area contributed by atoms with Crippen molar-refractivity contribution in [2.24, 2.45) is 0 Å². The van der Waals surface area contributed by atoms with E-state index in [1.807, 2.05) is 0 Å². The minimum absolute atomic E-state index is 0.00324. The minimum Gasteiger partial charge on any atom is -0.506 e. The third-order valence-electron chi connectivity index (χ3n) is 1.58. The number of hydrogen-bond donors (Lipinski definition) is 2. The number of aromatic carboxylic acids is 1. The highest BCUT2D eigenvalue weighted by molar-refractivity contribution is 7.20. The molecule has 5 heteroatoms. The lowest BCUT2D eigenvalue weighted by molar-refractivity contribution is 0.0696. The van der Waals surface area contributed by atoms with Gasteiger partial charge in [0, 0.05) is 0 Å². The molecule has 0 aliphatic heterocycles. The minimum atomic E-state index is -1.07. The van der Waals surface area contributed by atoms with Crippen molar-refractivity contribution >= 4 is 27.5 Å². The maximum absolute atomic E-state index is 10.5. The predicted octanol–water partition coefficient (Wildman–Crippen LogP) is 1.70. The molecular formula is C8H5NO3S. The van der Waals surface area contributed by atoms with Crippen molar-refractivity contribution < 1.29 is 15.0 Å². The van der Waals surface area contributed by atoms with Crippen LogP contribution in [0.4, 0.5) is 0 Å². The SMILES string of the molecule is O=C(O)c1nc2c(O)cccc2s1. The maximum atomic E-state index is 10.5. The number of benzene rings is 1. The zero-order chi connectivity index (χ0) is 9.42. The first-order valence-electron chi connectivity index (χ1n) is 3.50. The van der Waals surface area contributed by atoms with Crippen molar-refractivity contribution in [2.45, 2.75) is 0 Å². The van der Waals surface area contributed by atoms with Gasteiger partial charge in [-0.25, -0.2) is 9.78 Å². The van der Waals surface area contributed by atoms with Gasteiger partial charge in [0.1, 0.15) is 11.3 Å². The Balaban J connectivity index is 2.75. The summed E-state index contributed by atoms with van der Waals surface area (Å²) in [6, 6.07) is 4.86. The van der Waals surface area contributed by atoms with Gasteiger partial charge in [-0.3, -0.25) is 0 Å². The fourth-order valence-electron chi connectivity index (χ4n) is 1.03. The van der Waals surface area contributed by atoms with Crippen LogP contribution in [0.1, 0.15) is 9.80 Å². The molecule has 66 valence electrons. The van der Waals surface area contributed by atoms with E-state index in [0.717, 1.165) is 11.3 Å². The molecule has 0 spiro atoms. The smallest absolute Gasteiger partial charge is 0.365 e. The molecule has 0 bridgehead atoms. The molecule has 0 saturated carbocycles. The van der Waals surface area contributed by atoms with E-state index in [9.17, 15) is 9.90 Å². The standard InChI is InChI=1S/C8H5NO3S/c10-4-2-1-3-5-6(4)9-7(13-5)8(11)12/h1-3,10H,(H,11,12). The highest BCUT2D eigenvalue weighted by atomic mass is 32.1. The quantitative estimate of drug-likeness (QED) is 0.726. The predicted molar refractivity (Wildman–Crippen MR) is 48.2 cm³/mol. The number of fused-ring (bicyclic) bond motifs is 1. The monoisotopic (exact) mass is 195 g/mol. The number of carbonyl (C=O) groups is 1. The molecule has 4 nitrogen and oxygen atoms in total. The molecular weight excluding hydrogens is 190 g/mol. The molecule has 2 N–H and O–H groups in total. The van der Waals surface area contributed by atoms with Gasteiger partial charge < -0.3 is 10.2 Å². The normalized spacial score (nSPS) is 10.5. The van der Waals surface area contributed by atoms with E-state index in [2.05, 4.69) is 4.98 Å². The average molecular weight is 195 g/mol.